The van der Waals surface area contributed by atoms with E-state index in [9.17, 15) is 9.90 Å². The van der Waals surface area contributed by atoms with Gasteiger partial charge in [-0.25, -0.2) is 0 Å². The lowest BCUT2D eigenvalue weighted by Crippen LogP contribution is -2.21. The normalized spacial score (nSPS) is 12.4. The van der Waals surface area contributed by atoms with E-state index < -0.39 is 0 Å². The number of aryl methyl sites for hydroxylation is 1. The molecule has 0 aliphatic heterocycles. The molecule has 4 heteroatoms. The van der Waals surface area contributed by atoms with Crippen molar-refractivity contribution < 1.29 is 9.90 Å². The molecule has 1 rings (SSSR count). The molecule has 0 spiro atoms. The predicted molar refractivity (Wildman–Crippen MR) is 67.7 cm³/mol. The molecule has 0 heterocycles. The van der Waals surface area contributed by atoms with Gasteiger partial charge in [0.1, 0.15) is 5.75 Å². The topological polar surface area (TPSA) is 75.3 Å². The first-order valence-electron chi connectivity index (χ1n) is 5.82. The maximum atomic E-state index is 10.6. The molecule has 0 aliphatic carbocycles. The van der Waals surface area contributed by atoms with Gasteiger partial charge >= 0.3 is 0 Å². The molecule has 0 aromatic heterocycles. The van der Waals surface area contributed by atoms with Crippen LogP contribution in [-0.4, -0.2) is 17.6 Å². The summed E-state index contributed by atoms with van der Waals surface area (Å²) in [5.74, 6) is 0.0255. The van der Waals surface area contributed by atoms with Crippen molar-refractivity contribution in [1.82, 2.24) is 5.32 Å². The highest BCUT2D eigenvalue weighted by atomic mass is 16.3. The Bertz CT molecular complexity index is 391. The Balaban J connectivity index is 2.46. The Labute approximate surface area is 102 Å². The van der Waals surface area contributed by atoms with Crippen molar-refractivity contribution in [3.8, 4) is 5.75 Å². The summed E-state index contributed by atoms with van der Waals surface area (Å²) in [6, 6.07) is 5.69. The van der Waals surface area contributed by atoms with Crippen LogP contribution in [0.2, 0.25) is 0 Å². The monoisotopic (exact) mass is 236 g/mol. The highest BCUT2D eigenvalue weighted by Crippen LogP contribution is 2.24. The summed E-state index contributed by atoms with van der Waals surface area (Å²) < 4.78 is 0. The van der Waals surface area contributed by atoms with Crippen LogP contribution >= 0.6 is 0 Å². The molecule has 4 N–H and O–H groups in total. The second-order valence-corrected chi connectivity index (χ2v) is 4.31. The van der Waals surface area contributed by atoms with Crippen LogP contribution in [0.3, 0.4) is 0 Å². The predicted octanol–water partition coefficient (Wildman–Crippen LogP) is 1.62. The van der Waals surface area contributed by atoms with Gasteiger partial charge in [-0.3, -0.25) is 4.79 Å². The number of nitrogens with two attached hydrogens (primary N) is 1. The van der Waals surface area contributed by atoms with Crippen molar-refractivity contribution >= 4 is 5.91 Å². The van der Waals surface area contributed by atoms with Crippen molar-refractivity contribution in [2.75, 3.05) is 6.54 Å². The molecule has 1 aromatic rings. The molecule has 0 saturated carbocycles. The summed E-state index contributed by atoms with van der Waals surface area (Å²) in [5, 5.41) is 13.0. The van der Waals surface area contributed by atoms with E-state index in [0.717, 1.165) is 11.1 Å². The number of phenols is 1. The SMILES string of the molecule is Cc1ccc(C(C)NCCCC(N)=O)c(O)c1. The Kier molecular flexibility index (Phi) is 4.97. The van der Waals surface area contributed by atoms with E-state index in [4.69, 9.17) is 5.73 Å². The van der Waals surface area contributed by atoms with E-state index in [2.05, 4.69) is 5.32 Å². The van der Waals surface area contributed by atoms with Crippen molar-refractivity contribution in [3.05, 3.63) is 29.3 Å². The lowest BCUT2D eigenvalue weighted by molar-refractivity contribution is -0.118. The lowest BCUT2D eigenvalue weighted by Gasteiger charge is -2.15. The molecule has 1 amide bonds. The Hall–Kier alpha value is -1.55. The third-order valence-electron chi connectivity index (χ3n) is 2.70. The number of carbonyl (C=O) groups is 1. The largest absolute Gasteiger partial charge is 0.508 e. The van der Waals surface area contributed by atoms with Crippen LogP contribution in [0.5, 0.6) is 5.75 Å². The highest BCUT2D eigenvalue weighted by molar-refractivity contribution is 5.73. The second kappa shape index (κ2) is 6.25. The third-order valence-corrected chi connectivity index (χ3v) is 2.70. The zero-order valence-electron chi connectivity index (χ0n) is 10.4. The summed E-state index contributed by atoms with van der Waals surface area (Å²) in [7, 11) is 0. The van der Waals surface area contributed by atoms with Crippen LogP contribution in [0.1, 0.15) is 36.9 Å². The lowest BCUT2D eigenvalue weighted by atomic mass is 10.0. The van der Waals surface area contributed by atoms with Gasteiger partial charge in [-0.15, -0.1) is 0 Å². The van der Waals surface area contributed by atoms with E-state index in [1.54, 1.807) is 6.07 Å². The van der Waals surface area contributed by atoms with Crippen molar-refractivity contribution in [2.45, 2.75) is 32.7 Å². The van der Waals surface area contributed by atoms with Gasteiger partial charge in [0.05, 0.1) is 0 Å². The second-order valence-electron chi connectivity index (χ2n) is 4.31. The molecule has 0 bridgehead atoms. The first kappa shape index (κ1) is 13.5. The fourth-order valence-corrected chi connectivity index (χ4v) is 1.71. The molecule has 0 fully saturated rings. The summed E-state index contributed by atoms with van der Waals surface area (Å²) in [6.45, 7) is 4.63. The van der Waals surface area contributed by atoms with Gasteiger partial charge in [0, 0.05) is 18.0 Å². The number of primary amides is 1. The van der Waals surface area contributed by atoms with Gasteiger partial charge in [-0.05, 0) is 38.4 Å². The smallest absolute Gasteiger partial charge is 0.217 e. The maximum Gasteiger partial charge on any atom is 0.217 e. The van der Waals surface area contributed by atoms with Gasteiger partial charge in [0.15, 0.2) is 0 Å². The van der Waals surface area contributed by atoms with Crippen LogP contribution in [-0.2, 0) is 4.79 Å². The summed E-state index contributed by atoms with van der Waals surface area (Å²) in [5.41, 5.74) is 6.96. The Morgan fingerprint density at radius 1 is 1.53 bits per heavy atom. The van der Waals surface area contributed by atoms with Crippen LogP contribution in [0, 0.1) is 6.92 Å². The van der Waals surface area contributed by atoms with Crippen molar-refractivity contribution in [1.29, 1.82) is 0 Å². The van der Waals surface area contributed by atoms with Crippen LogP contribution in [0.15, 0.2) is 18.2 Å². The number of hydrogen-bond acceptors (Lipinski definition) is 3. The van der Waals surface area contributed by atoms with Gasteiger partial charge in [0.2, 0.25) is 5.91 Å². The standard InChI is InChI=1S/C13H20N2O2/c1-9-5-6-11(12(16)8-9)10(2)15-7-3-4-13(14)17/h5-6,8,10,15-16H,3-4,7H2,1-2H3,(H2,14,17). The number of phenolic OH excluding ortho intramolecular Hbond substituents is 1. The number of benzene rings is 1. The molecular weight excluding hydrogens is 216 g/mol. The minimum atomic E-state index is -0.280. The van der Waals surface area contributed by atoms with Gasteiger partial charge in [-0.2, -0.15) is 0 Å². The molecule has 1 unspecified atom stereocenters. The Morgan fingerprint density at radius 3 is 2.82 bits per heavy atom. The molecule has 1 aromatic carbocycles. The summed E-state index contributed by atoms with van der Waals surface area (Å²) >= 11 is 0. The molecule has 0 aliphatic rings. The van der Waals surface area contributed by atoms with E-state index in [-0.39, 0.29) is 11.9 Å². The first-order chi connectivity index (χ1) is 8.00. The third kappa shape index (κ3) is 4.44. The number of nitrogens with one attached hydrogen (secondary N) is 1. The Morgan fingerprint density at radius 2 is 2.24 bits per heavy atom. The fraction of sp³-hybridized carbons (Fsp3) is 0.462. The van der Waals surface area contributed by atoms with Crippen molar-refractivity contribution in [2.24, 2.45) is 5.73 Å². The average Bonchev–Trinajstić information content (AvgIpc) is 2.23. The number of carbonyl (C=O) groups excluding carboxylic acids is 1. The summed E-state index contributed by atoms with van der Waals surface area (Å²) in [4.78, 5) is 10.6. The van der Waals surface area contributed by atoms with E-state index >= 15 is 0 Å². The quantitative estimate of drug-likeness (QED) is 0.657. The minimum absolute atomic E-state index is 0.0588. The zero-order valence-corrected chi connectivity index (χ0v) is 10.4. The number of aromatic hydroxyl groups is 1. The highest BCUT2D eigenvalue weighted by Gasteiger charge is 2.09. The zero-order chi connectivity index (χ0) is 12.8. The van der Waals surface area contributed by atoms with E-state index in [1.807, 2.05) is 26.0 Å². The molecule has 1 atom stereocenters. The number of rotatable bonds is 6. The van der Waals surface area contributed by atoms with Crippen LogP contribution in [0.25, 0.3) is 0 Å². The molecule has 17 heavy (non-hydrogen) atoms. The molecule has 0 radical (unpaired) electrons. The molecule has 94 valence electrons. The first-order valence-corrected chi connectivity index (χ1v) is 5.82. The van der Waals surface area contributed by atoms with Crippen LogP contribution in [0.4, 0.5) is 0 Å². The van der Waals surface area contributed by atoms with Gasteiger partial charge in [0.25, 0.3) is 0 Å². The fourth-order valence-electron chi connectivity index (χ4n) is 1.71. The molecule has 4 nitrogen and oxygen atoms in total. The molecule has 0 saturated heterocycles. The van der Waals surface area contributed by atoms with E-state index in [0.29, 0.717) is 25.1 Å². The van der Waals surface area contributed by atoms with Gasteiger partial charge in [-0.1, -0.05) is 12.1 Å². The molecular formula is C13H20N2O2. The number of hydrogen-bond donors (Lipinski definition) is 3. The van der Waals surface area contributed by atoms with Crippen molar-refractivity contribution in [3.63, 3.8) is 0 Å². The van der Waals surface area contributed by atoms with Gasteiger partial charge < -0.3 is 16.2 Å². The van der Waals surface area contributed by atoms with Crippen LogP contribution < -0.4 is 11.1 Å². The van der Waals surface area contributed by atoms with E-state index in [1.165, 1.54) is 0 Å². The summed E-state index contributed by atoms with van der Waals surface area (Å²) in [6.07, 6.45) is 1.10. The average molecular weight is 236 g/mol. The maximum absolute atomic E-state index is 10.6. The minimum Gasteiger partial charge on any atom is -0.508 e. The number of amides is 1.